The van der Waals surface area contributed by atoms with E-state index in [-0.39, 0.29) is 23.8 Å². The van der Waals surface area contributed by atoms with Gasteiger partial charge in [-0.1, -0.05) is 0 Å². The lowest BCUT2D eigenvalue weighted by Crippen LogP contribution is -2.39. The van der Waals surface area contributed by atoms with Crippen LogP contribution in [0.4, 0.5) is 0 Å². The van der Waals surface area contributed by atoms with Crippen LogP contribution in [0, 0.1) is 5.92 Å². The number of hydrogen-bond acceptors (Lipinski definition) is 2. The van der Waals surface area contributed by atoms with Gasteiger partial charge in [0, 0.05) is 24.9 Å². The smallest absolute Gasteiger partial charge is 0.225 e. The first-order valence-corrected chi connectivity index (χ1v) is 5.61. The summed E-state index contributed by atoms with van der Waals surface area (Å²) >= 11 is 0. The molecule has 0 aromatic carbocycles. The summed E-state index contributed by atoms with van der Waals surface area (Å²) in [5, 5.41) is 0. The third-order valence-electron chi connectivity index (χ3n) is 2.66. The number of hydrogen-bond donors (Lipinski definition) is 1. The van der Waals surface area contributed by atoms with Crippen molar-refractivity contribution in [1.29, 1.82) is 0 Å². The molecule has 1 rings (SSSR count). The Morgan fingerprint density at radius 3 is 2.40 bits per heavy atom. The molecule has 0 bridgehead atoms. The highest BCUT2D eigenvalue weighted by atomic mass is 16.2. The molecule has 4 nitrogen and oxygen atoms in total. The van der Waals surface area contributed by atoms with Crippen molar-refractivity contribution in [3.05, 3.63) is 0 Å². The predicted molar refractivity (Wildman–Crippen MR) is 58.0 cm³/mol. The molecule has 0 heterocycles. The minimum absolute atomic E-state index is 0.214. The van der Waals surface area contributed by atoms with E-state index in [1.165, 1.54) is 0 Å². The van der Waals surface area contributed by atoms with E-state index in [0.717, 1.165) is 12.8 Å². The van der Waals surface area contributed by atoms with E-state index in [9.17, 15) is 9.59 Å². The summed E-state index contributed by atoms with van der Waals surface area (Å²) in [6.45, 7) is 4.66. The Morgan fingerprint density at radius 2 is 2.00 bits per heavy atom. The van der Waals surface area contributed by atoms with Gasteiger partial charge in [-0.25, -0.2) is 0 Å². The monoisotopic (exact) mass is 212 g/mol. The molecule has 2 amide bonds. The summed E-state index contributed by atoms with van der Waals surface area (Å²) in [5.41, 5.74) is 5.06. The van der Waals surface area contributed by atoms with Crippen LogP contribution in [0.2, 0.25) is 0 Å². The zero-order chi connectivity index (χ0) is 11.4. The molecule has 0 atom stereocenters. The van der Waals surface area contributed by atoms with Crippen LogP contribution in [0.3, 0.4) is 0 Å². The minimum Gasteiger partial charge on any atom is -0.370 e. The van der Waals surface area contributed by atoms with E-state index in [2.05, 4.69) is 0 Å². The fraction of sp³-hybridized carbons (Fsp3) is 0.818. The molecular formula is C11H20N2O2. The van der Waals surface area contributed by atoms with Crippen molar-refractivity contribution in [1.82, 2.24) is 4.90 Å². The largest absolute Gasteiger partial charge is 0.370 e. The molecule has 1 saturated carbocycles. The van der Waals surface area contributed by atoms with Crippen LogP contribution in [0.25, 0.3) is 0 Å². The number of carbonyl (C=O) groups excluding carboxylic acids is 2. The summed E-state index contributed by atoms with van der Waals surface area (Å²) in [5.74, 6) is 0.202. The van der Waals surface area contributed by atoms with E-state index in [1.54, 1.807) is 0 Å². The molecule has 0 spiro atoms. The van der Waals surface area contributed by atoms with Gasteiger partial charge in [0.05, 0.1) is 0 Å². The molecule has 86 valence electrons. The maximum Gasteiger partial charge on any atom is 0.225 e. The number of primary amides is 1. The molecular weight excluding hydrogens is 192 g/mol. The number of nitrogens with zero attached hydrogens (tertiary/aromatic N) is 1. The molecule has 1 aliphatic carbocycles. The number of carbonyl (C=O) groups is 2. The Hall–Kier alpha value is -1.06. The second-order valence-corrected chi connectivity index (χ2v) is 4.47. The molecule has 15 heavy (non-hydrogen) atoms. The molecule has 1 fully saturated rings. The van der Waals surface area contributed by atoms with Crippen molar-refractivity contribution in [2.75, 3.05) is 6.54 Å². The molecule has 0 radical (unpaired) electrons. The molecule has 0 unspecified atom stereocenters. The first-order valence-electron chi connectivity index (χ1n) is 5.61. The Bertz CT molecular complexity index is 247. The van der Waals surface area contributed by atoms with Gasteiger partial charge < -0.3 is 10.6 Å². The van der Waals surface area contributed by atoms with Crippen molar-refractivity contribution in [2.45, 2.75) is 45.6 Å². The second-order valence-electron chi connectivity index (χ2n) is 4.47. The van der Waals surface area contributed by atoms with Gasteiger partial charge in [0.25, 0.3) is 0 Å². The van der Waals surface area contributed by atoms with Crippen LogP contribution >= 0.6 is 0 Å². The Morgan fingerprint density at radius 1 is 1.40 bits per heavy atom. The van der Waals surface area contributed by atoms with Gasteiger partial charge in [0.1, 0.15) is 0 Å². The minimum atomic E-state index is -0.294. The molecule has 0 aromatic rings. The molecule has 0 saturated heterocycles. The van der Waals surface area contributed by atoms with Crippen LogP contribution in [0.15, 0.2) is 0 Å². The number of amides is 2. The lowest BCUT2D eigenvalue weighted by Gasteiger charge is -2.26. The summed E-state index contributed by atoms with van der Waals surface area (Å²) in [4.78, 5) is 24.3. The normalized spacial score (nSPS) is 15.4. The van der Waals surface area contributed by atoms with Crippen molar-refractivity contribution in [3.63, 3.8) is 0 Å². The zero-order valence-corrected chi connectivity index (χ0v) is 9.53. The topological polar surface area (TPSA) is 63.4 Å². The van der Waals surface area contributed by atoms with Gasteiger partial charge in [0.15, 0.2) is 0 Å². The summed E-state index contributed by atoms with van der Waals surface area (Å²) in [7, 11) is 0. The van der Waals surface area contributed by atoms with Crippen molar-refractivity contribution in [2.24, 2.45) is 11.7 Å². The summed E-state index contributed by atoms with van der Waals surface area (Å²) in [6, 6.07) is 0.214. The maximum atomic E-state index is 11.8. The Balaban J connectivity index is 2.36. The molecule has 0 aromatic heterocycles. The Labute approximate surface area is 90.8 Å². The zero-order valence-electron chi connectivity index (χ0n) is 9.53. The molecule has 1 aliphatic rings. The lowest BCUT2D eigenvalue weighted by atomic mass is 10.2. The summed E-state index contributed by atoms with van der Waals surface area (Å²) in [6.07, 6.45) is 3.09. The third kappa shape index (κ3) is 3.90. The fourth-order valence-electron chi connectivity index (χ4n) is 1.61. The first-order chi connectivity index (χ1) is 7.02. The van der Waals surface area contributed by atoms with Crippen molar-refractivity contribution >= 4 is 11.8 Å². The standard InChI is InChI=1S/C11H20N2O2/c1-8(2)13(7-3-4-10(12)14)11(15)9-5-6-9/h8-9H,3-7H2,1-2H3,(H2,12,14). The van der Waals surface area contributed by atoms with Gasteiger partial charge in [-0.15, -0.1) is 0 Å². The highest BCUT2D eigenvalue weighted by molar-refractivity contribution is 5.81. The highest BCUT2D eigenvalue weighted by Crippen LogP contribution is 2.31. The average molecular weight is 212 g/mol. The average Bonchev–Trinajstić information content (AvgIpc) is 2.93. The van der Waals surface area contributed by atoms with Crippen LogP contribution in [-0.2, 0) is 9.59 Å². The molecule has 4 heteroatoms. The number of rotatable bonds is 6. The SMILES string of the molecule is CC(C)N(CCCC(N)=O)C(=O)C1CC1. The van der Waals surface area contributed by atoms with Crippen molar-refractivity contribution < 1.29 is 9.59 Å². The van der Waals surface area contributed by atoms with Crippen LogP contribution in [-0.4, -0.2) is 29.3 Å². The van der Waals surface area contributed by atoms with Crippen LogP contribution in [0.5, 0.6) is 0 Å². The van der Waals surface area contributed by atoms with E-state index in [1.807, 2.05) is 18.7 Å². The summed E-state index contributed by atoms with van der Waals surface area (Å²) < 4.78 is 0. The van der Waals surface area contributed by atoms with Crippen LogP contribution < -0.4 is 5.73 Å². The van der Waals surface area contributed by atoms with E-state index in [4.69, 9.17) is 5.73 Å². The van der Waals surface area contributed by atoms with E-state index >= 15 is 0 Å². The maximum absolute atomic E-state index is 11.8. The number of nitrogens with two attached hydrogens (primary N) is 1. The second kappa shape index (κ2) is 5.14. The predicted octanol–water partition coefficient (Wildman–Crippen LogP) is 0.899. The first kappa shape index (κ1) is 12.0. The van der Waals surface area contributed by atoms with E-state index in [0.29, 0.717) is 19.4 Å². The van der Waals surface area contributed by atoms with Gasteiger partial charge in [-0.2, -0.15) is 0 Å². The quantitative estimate of drug-likeness (QED) is 0.711. The fourth-order valence-corrected chi connectivity index (χ4v) is 1.61. The third-order valence-corrected chi connectivity index (χ3v) is 2.66. The highest BCUT2D eigenvalue weighted by Gasteiger charge is 2.34. The molecule has 0 aliphatic heterocycles. The van der Waals surface area contributed by atoms with Crippen molar-refractivity contribution in [3.8, 4) is 0 Å². The Kier molecular flexibility index (Phi) is 4.12. The van der Waals surface area contributed by atoms with Crippen LogP contribution in [0.1, 0.15) is 39.5 Å². The molecule has 2 N–H and O–H groups in total. The van der Waals surface area contributed by atoms with Gasteiger partial charge >= 0.3 is 0 Å². The van der Waals surface area contributed by atoms with E-state index < -0.39 is 0 Å². The van der Waals surface area contributed by atoms with Gasteiger partial charge in [0.2, 0.25) is 11.8 Å². The van der Waals surface area contributed by atoms with Gasteiger partial charge in [-0.05, 0) is 33.1 Å². The lowest BCUT2D eigenvalue weighted by molar-refractivity contribution is -0.134. The van der Waals surface area contributed by atoms with Gasteiger partial charge in [-0.3, -0.25) is 9.59 Å².